The number of fused-ring (bicyclic) bond motifs is 1. The highest BCUT2D eigenvalue weighted by Gasteiger charge is 2.27. The van der Waals surface area contributed by atoms with Crippen LogP contribution >= 0.6 is 0 Å². The van der Waals surface area contributed by atoms with Crippen molar-refractivity contribution >= 4 is 6.09 Å². The van der Waals surface area contributed by atoms with Crippen molar-refractivity contribution in [2.24, 2.45) is 0 Å². The molecule has 0 N–H and O–H groups in total. The lowest BCUT2D eigenvalue weighted by atomic mass is 10.1. The van der Waals surface area contributed by atoms with Crippen LogP contribution in [-0.2, 0) is 16.1 Å². The van der Waals surface area contributed by atoms with Gasteiger partial charge in [-0.25, -0.2) is 4.79 Å². The number of likely N-dealkylation sites (tertiary alicyclic amines) is 1. The predicted molar refractivity (Wildman–Crippen MR) is 88.2 cm³/mol. The van der Waals surface area contributed by atoms with Crippen molar-refractivity contribution in [3.8, 4) is 11.5 Å². The van der Waals surface area contributed by atoms with Crippen LogP contribution < -0.4 is 9.47 Å². The van der Waals surface area contributed by atoms with E-state index in [1.807, 2.05) is 39.0 Å². The second kappa shape index (κ2) is 6.89. The van der Waals surface area contributed by atoms with Gasteiger partial charge in [-0.05, 0) is 51.3 Å². The normalized spacial score (nSPS) is 17.9. The first-order chi connectivity index (χ1) is 11.4. The van der Waals surface area contributed by atoms with E-state index in [0.717, 1.165) is 29.9 Å². The van der Waals surface area contributed by atoms with Crippen LogP contribution in [-0.4, -0.2) is 42.6 Å². The van der Waals surface area contributed by atoms with E-state index < -0.39 is 5.60 Å². The first kappa shape index (κ1) is 16.9. The number of carbonyl (C=O) groups excluding carboxylic acids is 1. The molecule has 1 saturated heterocycles. The fraction of sp³-hybridized carbons (Fsp3) is 0.611. The number of ether oxygens (including phenoxy) is 4. The quantitative estimate of drug-likeness (QED) is 0.848. The number of benzene rings is 1. The Balaban J connectivity index is 1.43. The molecule has 132 valence electrons. The fourth-order valence-corrected chi connectivity index (χ4v) is 2.78. The van der Waals surface area contributed by atoms with E-state index in [0.29, 0.717) is 19.7 Å². The van der Waals surface area contributed by atoms with Crippen LogP contribution in [0.5, 0.6) is 11.5 Å². The van der Waals surface area contributed by atoms with E-state index in [9.17, 15) is 4.79 Å². The lowest BCUT2D eigenvalue weighted by Gasteiger charge is -2.33. The molecular formula is C18H25NO5. The number of amides is 1. The highest BCUT2D eigenvalue weighted by Crippen LogP contribution is 2.32. The minimum atomic E-state index is -0.455. The molecule has 0 atom stereocenters. The highest BCUT2D eigenvalue weighted by molar-refractivity contribution is 5.68. The molecule has 0 bridgehead atoms. The van der Waals surface area contributed by atoms with Gasteiger partial charge in [0, 0.05) is 13.1 Å². The average molecular weight is 335 g/mol. The lowest BCUT2D eigenvalue weighted by molar-refractivity contribution is -0.0170. The Bertz CT molecular complexity index is 588. The highest BCUT2D eigenvalue weighted by atomic mass is 16.7. The number of nitrogens with zero attached hydrogens (tertiary/aromatic N) is 1. The summed E-state index contributed by atoms with van der Waals surface area (Å²) in [5.41, 5.74) is 0.609. The second-order valence-electron chi connectivity index (χ2n) is 7.17. The van der Waals surface area contributed by atoms with Gasteiger partial charge in [0.1, 0.15) is 5.60 Å². The van der Waals surface area contributed by atoms with Crippen LogP contribution in [0.25, 0.3) is 0 Å². The molecule has 0 radical (unpaired) electrons. The summed E-state index contributed by atoms with van der Waals surface area (Å²) < 4.78 is 22.1. The van der Waals surface area contributed by atoms with Gasteiger partial charge in [-0.15, -0.1) is 0 Å². The number of hydrogen-bond acceptors (Lipinski definition) is 5. The average Bonchev–Trinajstić information content (AvgIpc) is 2.99. The van der Waals surface area contributed by atoms with Gasteiger partial charge in [0.15, 0.2) is 11.5 Å². The molecule has 0 saturated carbocycles. The van der Waals surface area contributed by atoms with Crippen molar-refractivity contribution < 1.29 is 23.7 Å². The maximum Gasteiger partial charge on any atom is 0.410 e. The van der Waals surface area contributed by atoms with Crippen molar-refractivity contribution in [2.45, 2.75) is 51.9 Å². The summed E-state index contributed by atoms with van der Waals surface area (Å²) in [4.78, 5) is 13.8. The van der Waals surface area contributed by atoms with Gasteiger partial charge in [0.2, 0.25) is 6.79 Å². The van der Waals surface area contributed by atoms with E-state index >= 15 is 0 Å². The van der Waals surface area contributed by atoms with Gasteiger partial charge in [-0.1, -0.05) is 6.07 Å². The molecular weight excluding hydrogens is 310 g/mol. The summed E-state index contributed by atoms with van der Waals surface area (Å²) in [6.45, 7) is 7.79. The monoisotopic (exact) mass is 335 g/mol. The van der Waals surface area contributed by atoms with Gasteiger partial charge in [0.05, 0.1) is 12.7 Å². The molecule has 2 heterocycles. The summed E-state index contributed by atoms with van der Waals surface area (Å²) >= 11 is 0. The van der Waals surface area contributed by atoms with Gasteiger partial charge in [-0.3, -0.25) is 0 Å². The summed E-state index contributed by atoms with van der Waals surface area (Å²) in [7, 11) is 0. The Kier molecular flexibility index (Phi) is 4.85. The Morgan fingerprint density at radius 1 is 1.21 bits per heavy atom. The third-order valence-electron chi connectivity index (χ3n) is 4.02. The Labute approximate surface area is 142 Å². The Morgan fingerprint density at radius 3 is 2.62 bits per heavy atom. The maximum atomic E-state index is 12.0. The summed E-state index contributed by atoms with van der Waals surface area (Å²) in [5, 5.41) is 0. The van der Waals surface area contributed by atoms with Crippen molar-refractivity contribution in [3.05, 3.63) is 23.8 Å². The lowest BCUT2D eigenvalue weighted by Crippen LogP contribution is -2.43. The molecule has 0 unspecified atom stereocenters. The third kappa shape index (κ3) is 4.32. The molecule has 1 fully saturated rings. The molecule has 1 aromatic rings. The van der Waals surface area contributed by atoms with Crippen LogP contribution in [0.4, 0.5) is 4.79 Å². The topological polar surface area (TPSA) is 57.2 Å². The molecule has 0 aromatic heterocycles. The van der Waals surface area contributed by atoms with E-state index in [1.165, 1.54) is 0 Å². The van der Waals surface area contributed by atoms with Gasteiger partial charge in [0.25, 0.3) is 0 Å². The fourth-order valence-electron chi connectivity index (χ4n) is 2.78. The maximum absolute atomic E-state index is 12.0. The van der Waals surface area contributed by atoms with Crippen LogP contribution in [0, 0.1) is 0 Å². The van der Waals surface area contributed by atoms with Crippen LogP contribution in [0.1, 0.15) is 39.2 Å². The molecule has 6 nitrogen and oxygen atoms in total. The van der Waals surface area contributed by atoms with Crippen LogP contribution in [0.2, 0.25) is 0 Å². The number of carbonyl (C=O) groups is 1. The van der Waals surface area contributed by atoms with E-state index in [2.05, 4.69) is 0 Å². The SMILES string of the molecule is CC(C)(C)OC(=O)N1CCC(OCc2ccc3c(c2)OCO3)CC1. The standard InChI is InChI=1S/C18H25NO5/c1-18(2,3)24-17(20)19-8-6-14(7-9-19)21-11-13-4-5-15-16(10-13)23-12-22-15/h4-5,10,14H,6-9,11-12H2,1-3H3. The first-order valence-corrected chi connectivity index (χ1v) is 8.39. The van der Waals surface area contributed by atoms with Crippen molar-refractivity contribution in [3.63, 3.8) is 0 Å². The molecule has 1 aromatic carbocycles. The Morgan fingerprint density at radius 2 is 1.92 bits per heavy atom. The molecule has 3 rings (SSSR count). The molecule has 2 aliphatic rings. The first-order valence-electron chi connectivity index (χ1n) is 8.39. The zero-order valence-electron chi connectivity index (χ0n) is 14.5. The minimum Gasteiger partial charge on any atom is -0.454 e. The third-order valence-corrected chi connectivity index (χ3v) is 4.02. The number of rotatable bonds is 3. The van der Waals surface area contributed by atoms with Crippen LogP contribution in [0.3, 0.4) is 0 Å². The van der Waals surface area contributed by atoms with Crippen molar-refractivity contribution in [2.75, 3.05) is 19.9 Å². The van der Waals surface area contributed by atoms with Gasteiger partial charge in [-0.2, -0.15) is 0 Å². The van der Waals surface area contributed by atoms with Gasteiger partial charge < -0.3 is 23.8 Å². The molecule has 24 heavy (non-hydrogen) atoms. The predicted octanol–water partition coefficient (Wildman–Crippen LogP) is 3.33. The molecule has 6 heteroatoms. The largest absolute Gasteiger partial charge is 0.454 e. The minimum absolute atomic E-state index is 0.161. The second-order valence-corrected chi connectivity index (χ2v) is 7.17. The molecule has 1 amide bonds. The van der Waals surface area contributed by atoms with Crippen molar-refractivity contribution in [1.82, 2.24) is 4.90 Å². The summed E-state index contributed by atoms with van der Waals surface area (Å²) in [6, 6.07) is 5.85. The van der Waals surface area contributed by atoms with E-state index in [-0.39, 0.29) is 19.0 Å². The van der Waals surface area contributed by atoms with Crippen LogP contribution in [0.15, 0.2) is 18.2 Å². The smallest absolute Gasteiger partial charge is 0.410 e. The molecule has 0 aliphatic carbocycles. The van der Waals surface area contributed by atoms with Gasteiger partial charge >= 0.3 is 6.09 Å². The zero-order chi connectivity index (χ0) is 17.2. The molecule has 2 aliphatic heterocycles. The summed E-state index contributed by atoms with van der Waals surface area (Å²) in [5.74, 6) is 1.56. The number of piperidine rings is 1. The summed E-state index contributed by atoms with van der Waals surface area (Å²) in [6.07, 6.45) is 1.57. The zero-order valence-corrected chi connectivity index (χ0v) is 14.5. The van der Waals surface area contributed by atoms with E-state index in [1.54, 1.807) is 4.90 Å². The van der Waals surface area contributed by atoms with E-state index in [4.69, 9.17) is 18.9 Å². The van der Waals surface area contributed by atoms with Crippen molar-refractivity contribution in [1.29, 1.82) is 0 Å². The molecule has 0 spiro atoms. The number of hydrogen-bond donors (Lipinski definition) is 0. The Hall–Kier alpha value is -1.95.